The van der Waals surface area contributed by atoms with Crippen molar-refractivity contribution in [1.29, 1.82) is 0 Å². The van der Waals surface area contributed by atoms with E-state index in [1.54, 1.807) is 11.7 Å². The van der Waals surface area contributed by atoms with E-state index in [-0.39, 0.29) is 0 Å². The van der Waals surface area contributed by atoms with Crippen LogP contribution in [-0.4, -0.2) is 9.78 Å². The van der Waals surface area contributed by atoms with Crippen molar-refractivity contribution < 1.29 is 13.2 Å². The molecule has 104 valence electrons. The van der Waals surface area contributed by atoms with Crippen LogP contribution in [0.15, 0.2) is 12.1 Å². The fraction of sp³-hybridized carbons (Fsp3) is 0.400. The van der Waals surface area contributed by atoms with E-state index in [2.05, 4.69) is 5.10 Å². The topological polar surface area (TPSA) is 17.8 Å². The molecule has 0 amide bonds. The summed E-state index contributed by atoms with van der Waals surface area (Å²) in [7, 11) is 1.76. The Morgan fingerprint density at radius 1 is 1.15 bits per heavy atom. The molecule has 1 unspecified atom stereocenters. The van der Waals surface area contributed by atoms with Gasteiger partial charge in [-0.15, -0.1) is 0 Å². The molecule has 0 bridgehead atoms. The van der Waals surface area contributed by atoms with E-state index < -0.39 is 17.5 Å². The van der Waals surface area contributed by atoms with Crippen LogP contribution in [0.4, 0.5) is 13.2 Å². The highest BCUT2D eigenvalue weighted by Gasteiger charge is 2.43. The Morgan fingerprint density at radius 3 is 2.45 bits per heavy atom. The minimum Gasteiger partial charge on any atom is -0.267 e. The largest absolute Gasteiger partial charge is 0.267 e. The molecular formula is C15H13F3N2. The molecule has 0 spiro atoms. The zero-order valence-electron chi connectivity index (χ0n) is 11.0. The summed E-state index contributed by atoms with van der Waals surface area (Å²) >= 11 is 0. The summed E-state index contributed by atoms with van der Waals surface area (Å²) in [5.41, 5.74) is 3.21. The molecule has 0 aliphatic heterocycles. The van der Waals surface area contributed by atoms with Crippen molar-refractivity contribution in [2.24, 2.45) is 13.0 Å². The van der Waals surface area contributed by atoms with Gasteiger partial charge in [0, 0.05) is 24.1 Å². The smallest absolute Gasteiger partial charge is 0.194 e. The Kier molecular flexibility index (Phi) is 2.32. The molecule has 4 rings (SSSR count). The van der Waals surface area contributed by atoms with E-state index in [0.29, 0.717) is 23.1 Å². The maximum atomic E-state index is 13.4. The summed E-state index contributed by atoms with van der Waals surface area (Å²) in [5, 5.41) is 4.51. The minimum absolute atomic E-state index is 0.360. The molecule has 5 heteroatoms. The number of aryl methyl sites for hydroxylation is 1. The second-order valence-electron chi connectivity index (χ2n) is 5.74. The number of aromatic nitrogens is 2. The molecule has 0 N–H and O–H groups in total. The highest BCUT2D eigenvalue weighted by atomic mass is 19.2. The summed E-state index contributed by atoms with van der Waals surface area (Å²) in [6.45, 7) is 0. The van der Waals surface area contributed by atoms with Gasteiger partial charge >= 0.3 is 0 Å². The zero-order valence-corrected chi connectivity index (χ0v) is 11.0. The summed E-state index contributed by atoms with van der Waals surface area (Å²) in [4.78, 5) is 0. The molecule has 0 saturated heterocycles. The standard InChI is InChI=1S/C15H13F3N2/c1-20-15(8-5-11(16)13(18)12(17)6-8)10-4-7-2-3-9(7)14(10)19-20/h5-7,9H,2-4H2,1H3/t7-,9?/m0/s1. The molecule has 1 aromatic carbocycles. The third-order valence-corrected chi connectivity index (χ3v) is 4.67. The molecule has 2 atom stereocenters. The normalized spacial score (nSPS) is 23.4. The maximum absolute atomic E-state index is 13.4. The summed E-state index contributed by atoms with van der Waals surface area (Å²) in [5.74, 6) is -2.61. The molecule has 0 radical (unpaired) electrons. The zero-order chi connectivity index (χ0) is 14.0. The molecule has 1 saturated carbocycles. The molecule has 1 heterocycles. The first-order valence-corrected chi connectivity index (χ1v) is 6.77. The lowest BCUT2D eigenvalue weighted by molar-refractivity contribution is 0.273. The predicted molar refractivity (Wildman–Crippen MR) is 67.7 cm³/mol. The van der Waals surface area contributed by atoms with Gasteiger partial charge < -0.3 is 0 Å². The monoisotopic (exact) mass is 278 g/mol. The average molecular weight is 278 g/mol. The Balaban J connectivity index is 1.90. The van der Waals surface area contributed by atoms with Gasteiger partial charge in [0.25, 0.3) is 0 Å². The van der Waals surface area contributed by atoms with Gasteiger partial charge in [-0.2, -0.15) is 5.10 Å². The first-order chi connectivity index (χ1) is 9.56. The number of hydrogen-bond acceptors (Lipinski definition) is 1. The Hall–Kier alpha value is -1.78. The van der Waals surface area contributed by atoms with Gasteiger partial charge in [-0.1, -0.05) is 0 Å². The Bertz CT molecular complexity index is 697. The van der Waals surface area contributed by atoms with Crippen LogP contribution in [0.25, 0.3) is 11.3 Å². The van der Waals surface area contributed by atoms with Crippen molar-refractivity contribution in [3.8, 4) is 11.3 Å². The number of hydrogen-bond donors (Lipinski definition) is 0. The lowest BCUT2D eigenvalue weighted by Gasteiger charge is -2.29. The van der Waals surface area contributed by atoms with E-state index in [9.17, 15) is 13.2 Å². The second kappa shape index (κ2) is 3.87. The van der Waals surface area contributed by atoms with Crippen LogP contribution in [-0.2, 0) is 13.5 Å². The van der Waals surface area contributed by atoms with Crippen LogP contribution in [0.5, 0.6) is 0 Å². The summed E-state index contributed by atoms with van der Waals surface area (Å²) in [6.07, 6.45) is 3.24. The molecule has 20 heavy (non-hydrogen) atoms. The molecule has 2 aliphatic carbocycles. The first-order valence-electron chi connectivity index (χ1n) is 6.77. The molecule has 1 fully saturated rings. The summed E-state index contributed by atoms with van der Waals surface area (Å²) < 4.78 is 41.6. The van der Waals surface area contributed by atoms with Gasteiger partial charge in [0.05, 0.1) is 11.4 Å². The van der Waals surface area contributed by atoms with Crippen molar-refractivity contribution >= 4 is 0 Å². The van der Waals surface area contributed by atoms with E-state index in [4.69, 9.17) is 0 Å². The Morgan fingerprint density at radius 2 is 1.85 bits per heavy atom. The predicted octanol–water partition coefficient (Wildman–Crippen LogP) is 3.55. The van der Waals surface area contributed by atoms with Crippen molar-refractivity contribution in [1.82, 2.24) is 9.78 Å². The fourth-order valence-electron chi connectivity index (χ4n) is 3.58. The van der Waals surface area contributed by atoms with Gasteiger partial charge in [-0.3, -0.25) is 4.68 Å². The number of halogens is 3. The van der Waals surface area contributed by atoms with Crippen molar-refractivity contribution in [3.63, 3.8) is 0 Å². The van der Waals surface area contributed by atoms with Crippen LogP contribution >= 0.6 is 0 Å². The van der Waals surface area contributed by atoms with Gasteiger partial charge in [0.1, 0.15) is 0 Å². The van der Waals surface area contributed by atoms with Crippen molar-refractivity contribution in [2.75, 3.05) is 0 Å². The molecule has 2 aliphatic rings. The highest BCUT2D eigenvalue weighted by Crippen LogP contribution is 2.52. The molecule has 2 aromatic rings. The van der Waals surface area contributed by atoms with Gasteiger partial charge in [-0.05, 0) is 37.3 Å². The van der Waals surface area contributed by atoms with E-state index >= 15 is 0 Å². The molecule has 2 nitrogen and oxygen atoms in total. The van der Waals surface area contributed by atoms with Crippen molar-refractivity contribution in [2.45, 2.75) is 25.2 Å². The number of fused-ring (bicyclic) bond motifs is 3. The van der Waals surface area contributed by atoms with E-state index in [1.165, 1.54) is 6.42 Å². The van der Waals surface area contributed by atoms with Gasteiger partial charge in [0.2, 0.25) is 0 Å². The SMILES string of the molecule is Cn1nc2c(c1-c1cc(F)c(F)c(F)c1)C[C@@H]1CCC21. The van der Waals surface area contributed by atoms with E-state index in [0.717, 1.165) is 36.2 Å². The third-order valence-electron chi connectivity index (χ3n) is 4.67. The lowest BCUT2D eigenvalue weighted by atomic mass is 9.75. The lowest BCUT2D eigenvalue weighted by Crippen LogP contribution is -2.20. The van der Waals surface area contributed by atoms with Gasteiger partial charge in [-0.25, -0.2) is 13.2 Å². The van der Waals surface area contributed by atoms with Crippen LogP contribution < -0.4 is 0 Å². The third kappa shape index (κ3) is 1.43. The highest BCUT2D eigenvalue weighted by molar-refractivity contribution is 5.66. The molecular weight excluding hydrogens is 265 g/mol. The van der Waals surface area contributed by atoms with Crippen molar-refractivity contribution in [3.05, 3.63) is 40.8 Å². The minimum atomic E-state index is -1.42. The maximum Gasteiger partial charge on any atom is 0.194 e. The van der Waals surface area contributed by atoms with Crippen LogP contribution in [0, 0.1) is 23.4 Å². The fourth-order valence-corrected chi connectivity index (χ4v) is 3.58. The van der Waals surface area contributed by atoms with Gasteiger partial charge in [0.15, 0.2) is 17.5 Å². The number of benzene rings is 1. The molecule has 1 aromatic heterocycles. The van der Waals surface area contributed by atoms with Crippen LogP contribution in [0.1, 0.15) is 30.0 Å². The van der Waals surface area contributed by atoms with E-state index in [1.807, 2.05) is 0 Å². The number of rotatable bonds is 1. The first kappa shape index (κ1) is 12.0. The average Bonchev–Trinajstić information content (AvgIpc) is 2.78. The quantitative estimate of drug-likeness (QED) is 0.729. The van der Waals surface area contributed by atoms with Crippen LogP contribution in [0.3, 0.4) is 0 Å². The van der Waals surface area contributed by atoms with Crippen LogP contribution in [0.2, 0.25) is 0 Å². The Labute approximate surface area is 114 Å². The number of nitrogens with zero attached hydrogens (tertiary/aromatic N) is 2. The summed E-state index contributed by atoms with van der Waals surface area (Å²) in [6, 6.07) is 2.10. The second-order valence-corrected chi connectivity index (χ2v) is 5.74.